The molecule has 94 valence electrons. The third-order valence-electron chi connectivity index (χ3n) is 2.42. The van der Waals surface area contributed by atoms with Gasteiger partial charge in [-0.15, -0.1) is 0 Å². The van der Waals surface area contributed by atoms with Crippen LogP contribution in [0.1, 0.15) is 16.1 Å². The normalized spacial score (nSPS) is 10.1. The van der Waals surface area contributed by atoms with Crippen molar-refractivity contribution < 1.29 is 13.9 Å². The van der Waals surface area contributed by atoms with Crippen LogP contribution in [0.3, 0.4) is 0 Å². The van der Waals surface area contributed by atoms with Crippen molar-refractivity contribution in [3.63, 3.8) is 0 Å². The smallest absolute Gasteiger partial charge is 0.340 e. The Labute approximate surface area is 110 Å². The van der Waals surface area contributed by atoms with Crippen molar-refractivity contribution in [3.8, 4) is 0 Å². The van der Waals surface area contributed by atoms with E-state index in [0.29, 0.717) is 22.8 Å². The van der Waals surface area contributed by atoms with Crippen LogP contribution in [0.4, 0.5) is 5.69 Å². The lowest BCUT2D eigenvalue weighted by molar-refractivity contribution is 0.0602. The molecule has 0 atom stereocenters. The molecule has 2 rings (SSSR count). The monoisotopic (exact) mass is 265 g/mol. The summed E-state index contributed by atoms with van der Waals surface area (Å²) in [5.41, 5.74) is 1.05. The van der Waals surface area contributed by atoms with Gasteiger partial charge in [0.05, 0.1) is 25.5 Å². The van der Waals surface area contributed by atoms with Crippen LogP contribution in [0.5, 0.6) is 0 Å². The lowest BCUT2D eigenvalue weighted by Crippen LogP contribution is -2.08. The van der Waals surface area contributed by atoms with E-state index in [0.717, 1.165) is 5.76 Å². The highest BCUT2D eigenvalue weighted by molar-refractivity contribution is 6.31. The van der Waals surface area contributed by atoms with Gasteiger partial charge in [-0.3, -0.25) is 0 Å². The first-order chi connectivity index (χ1) is 8.70. The van der Waals surface area contributed by atoms with Crippen LogP contribution < -0.4 is 5.32 Å². The molecule has 0 amide bonds. The first-order valence-corrected chi connectivity index (χ1v) is 5.72. The number of ether oxygens (including phenoxy) is 1. The zero-order chi connectivity index (χ0) is 13.0. The van der Waals surface area contributed by atoms with Gasteiger partial charge >= 0.3 is 5.97 Å². The van der Waals surface area contributed by atoms with Gasteiger partial charge in [0.25, 0.3) is 0 Å². The number of hydrogen-bond acceptors (Lipinski definition) is 4. The second-order valence-electron chi connectivity index (χ2n) is 3.61. The summed E-state index contributed by atoms with van der Waals surface area (Å²) < 4.78 is 9.91. The van der Waals surface area contributed by atoms with E-state index >= 15 is 0 Å². The van der Waals surface area contributed by atoms with Crippen LogP contribution in [0.2, 0.25) is 5.02 Å². The number of carbonyl (C=O) groups is 1. The van der Waals surface area contributed by atoms with Gasteiger partial charge in [0, 0.05) is 10.7 Å². The molecule has 0 aliphatic carbocycles. The number of carbonyl (C=O) groups excluding carboxylic acids is 1. The highest BCUT2D eigenvalue weighted by atomic mass is 35.5. The van der Waals surface area contributed by atoms with Crippen molar-refractivity contribution >= 4 is 23.3 Å². The van der Waals surface area contributed by atoms with Crippen molar-refractivity contribution in [2.75, 3.05) is 12.4 Å². The molecule has 0 unspecified atom stereocenters. The van der Waals surface area contributed by atoms with Gasteiger partial charge in [-0.2, -0.15) is 0 Å². The molecular weight excluding hydrogens is 254 g/mol. The highest BCUT2D eigenvalue weighted by Crippen LogP contribution is 2.22. The Bertz CT molecular complexity index is 537. The number of furan rings is 1. The predicted molar refractivity (Wildman–Crippen MR) is 68.8 cm³/mol. The summed E-state index contributed by atoms with van der Waals surface area (Å²) in [6.45, 7) is 0.485. The van der Waals surface area contributed by atoms with E-state index in [1.165, 1.54) is 7.11 Å². The maximum absolute atomic E-state index is 11.6. The Morgan fingerprint density at radius 3 is 2.94 bits per heavy atom. The number of hydrogen-bond donors (Lipinski definition) is 1. The maximum atomic E-state index is 11.6. The third kappa shape index (κ3) is 2.84. The first kappa shape index (κ1) is 12.5. The van der Waals surface area contributed by atoms with Crippen molar-refractivity contribution in [1.29, 1.82) is 0 Å². The summed E-state index contributed by atoms with van der Waals surface area (Å²) in [6, 6.07) is 8.66. The average Bonchev–Trinajstić information content (AvgIpc) is 2.89. The van der Waals surface area contributed by atoms with E-state index in [-0.39, 0.29) is 0 Å². The molecule has 18 heavy (non-hydrogen) atoms. The Morgan fingerprint density at radius 2 is 2.28 bits per heavy atom. The summed E-state index contributed by atoms with van der Waals surface area (Å²) in [5, 5.41) is 3.59. The topological polar surface area (TPSA) is 51.5 Å². The number of rotatable bonds is 4. The fraction of sp³-hybridized carbons (Fsp3) is 0.154. The summed E-state index contributed by atoms with van der Waals surface area (Å²) >= 11 is 5.86. The first-order valence-electron chi connectivity index (χ1n) is 5.35. The lowest BCUT2D eigenvalue weighted by Gasteiger charge is -2.10. The van der Waals surface area contributed by atoms with Crippen molar-refractivity contribution in [2.45, 2.75) is 6.54 Å². The third-order valence-corrected chi connectivity index (χ3v) is 2.66. The van der Waals surface area contributed by atoms with Gasteiger partial charge in [0.1, 0.15) is 5.76 Å². The molecule has 0 aliphatic heterocycles. The number of halogens is 1. The summed E-state index contributed by atoms with van der Waals surface area (Å²) in [4.78, 5) is 11.6. The molecule has 4 nitrogen and oxygen atoms in total. The molecule has 5 heteroatoms. The second kappa shape index (κ2) is 5.60. The van der Waals surface area contributed by atoms with Crippen molar-refractivity contribution in [2.24, 2.45) is 0 Å². The van der Waals surface area contributed by atoms with E-state index in [2.05, 4.69) is 5.32 Å². The maximum Gasteiger partial charge on any atom is 0.340 e. The minimum Gasteiger partial charge on any atom is -0.467 e. The molecule has 0 bridgehead atoms. The molecule has 1 heterocycles. The predicted octanol–water partition coefficient (Wildman–Crippen LogP) is 3.33. The van der Waals surface area contributed by atoms with Crippen LogP contribution in [0.15, 0.2) is 41.0 Å². The Morgan fingerprint density at radius 1 is 1.44 bits per heavy atom. The molecule has 0 fully saturated rings. The van der Waals surface area contributed by atoms with Crippen LogP contribution in [0.25, 0.3) is 0 Å². The molecule has 0 radical (unpaired) electrons. The second-order valence-corrected chi connectivity index (χ2v) is 4.05. The van der Waals surface area contributed by atoms with Crippen LogP contribution in [0, 0.1) is 0 Å². The molecular formula is C13H12ClNO3. The van der Waals surface area contributed by atoms with E-state index < -0.39 is 5.97 Å². The van der Waals surface area contributed by atoms with E-state index in [9.17, 15) is 4.79 Å². The summed E-state index contributed by atoms with van der Waals surface area (Å²) in [7, 11) is 1.33. The fourth-order valence-corrected chi connectivity index (χ4v) is 1.72. The van der Waals surface area contributed by atoms with Gasteiger partial charge < -0.3 is 14.5 Å². The highest BCUT2D eigenvalue weighted by Gasteiger charge is 2.12. The van der Waals surface area contributed by atoms with Crippen LogP contribution in [-0.2, 0) is 11.3 Å². The van der Waals surface area contributed by atoms with Crippen LogP contribution in [-0.4, -0.2) is 13.1 Å². The van der Waals surface area contributed by atoms with Gasteiger partial charge in [-0.05, 0) is 30.3 Å². The summed E-state index contributed by atoms with van der Waals surface area (Å²) in [6.07, 6.45) is 1.60. The van der Waals surface area contributed by atoms with E-state index in [4.69, 9.17) is 20.8 Å². The number of esters is 1. The van der Waals surface area contributed by atoms with Gasteiger partial charge in [0.15, 0.2) is 0 Å². The summed E-state index contributed by atoms with van der Waals surface area (Å²) in [5.74, 6) is 0.347. The fourth-order valence-electron chi connectivity index (χ4n) is 1.54. The van der Waals surface area contributed by atoms with Crippen molar-refractivity contribution in [3.05, 3.63) is 52.9 Å². The minimum atomic E-state index is -0.431. The zero-order valence-corrected chi connectivity index (χ0v) is 10.5. The van der Waals surface area contributed by atoms with Crippen molar-refractivity contribution in [1.82, 2.24) is 0 Å². The number of nitrogens with one attached hydrogen (secondary N) is 1. The lowest BCUT2D eigenvalue weighted by atomic mass is 10.1. The number of methoxy groups -OCH3 is 1. The molecule has 0 spiro atoms. The van der Waals surface area contributed by atoms with E-state index in [1.807, 2.05) is 6.07 Å². The minimum absolute atomic E-state index is 0.400. The molecule has 2 aromatic rings. The average molecular weight is 266 g/mol. The van der Waals surface area contributed by atoms with E-state index in [1.54, 1.807) is 30.5 Å². The molecule has 0 saturated carbocycles. The molecule has 1 N–H and O–H groups in total. The van der Waals surface area contributed by atoms with Gasteiger partial charge in [-0.1, -0.05) is 11.6 Å². The Balaban J connectivity index is 2.18. The molecule has 0 aliphatic rings. The largest absolute Gasteiger partial charge is 0.467 e. The quantitative estimate of drug-likeness (QED) is 0.862. The van der Waals surface area contributed by atoms with Gasteiger partial charge in [0.2, 0.25) is 0 Å². The van der Waals surface area contributed by atoms with Crippen LogP contribution >= 0.6 is 11.6 Å². The molecule has 0 saturated heterocycles. The SMILES string of the molecule is COC(=O)c1cc(Cl)ccc1NCc1ccco1. The molecule has 1 aromatic heterocycles. The number of benzene rings is 1. The van der Waals surface area contributed by atoms with Gasteiger partial charge in [-0.25, -0.2) is 4.79 Å². The zero-order valence-electron chi connectivity index (χ0n) is 9.77. The molecule has 1 aromatic carbocycles. The Hall–Kier alpha value is -1.94. The Kier molecular flexibility index (Phi) is 3.89. The standard InChI is InChI=1S/C13H12ClNO3/c1-17-13(16)11-7-9(14)4-5-12(11)15-8-10-3-2-6-18-10/h2-7,15H,8H2,1H3. The number of anilines is 1.